The average molecular weight is 778 g/mol. The number of ether oxygens (including phenoxy) is 1. The van der Waals surface area contributed by atoms with E-state index in [1.165, 1.54) is 7.11 Å². The quantitative estimate of drug-likeness (QED) is 0.124. The number of methoxy groups -OCH3 is 1. The van der Waals surface area contributed by atoms with E-state index in [0.29, 0.717) is 24.5 Å². The Morgan fingerprint density at radius 3 is 1.76 bits per heavy atom. The number of benzene rings is 3. The second-order valence-corrected chi connectivity index (χ2v) is 15.0. The number of rotatable bonds is 11. The predicted octanol–water partition coefficient (Wildman–Crippen LogP) is 7.26. The van der Waals surface area contributed by atoms with Crippen molar-refractivity contribution in [3.63, 3.8) is 0 Å². The van der Waals surface area contributed by atoms with Gasteiger partial charge in [0.1, 0.15) is 23.7 Å². The number of imidazole rings is 2. The van der Waals surface area contributed by atoms with Crippen molar-refractivity contribution in [3.8, 4) is 33.8 Å². The smallest absolute Gasteiger partial charge is 0.407 e. The first-order chi connectivity index (χ1) is 28.3. The zero-order valence-electron chi connectivity index (χ0n) is 32.8. The number of amides is 3. The number of alkyl carbamates (subject to hydrolysis) is 1. The van der Waals surface area contributed by atoms with Gasteiger partial charge in [0.2, 0.25) is 5.91 Å². The van der Waals surface area contributed by atoms with Crippen LogP contribution in [0.25, 0.3) is 33.8 Å². The Labute approximate surface area is 337 Å². The fourth-order valence-electron chi connectivity index (χ4n) is 8.21. The number of hydrogen-bond donors (Lipinski definition) is 3. The van der Waals surface area contributed by atoms with Gasteiger partial charge in [-0.05, 0) is 68.6 Å². The molecule has 58 heavy (non-hydrogen) atoms. The van der Waals surface area contributed by atoms with Gasteiger partial charge in [-0.15, -0.1) is 0 Å². The minimum atomic E-state index is -0.877. The number of nitrogens with one attached hydrogen (secondary N) is 3. The van der Waals surface area contributed by atoms with Crippen molar-refractivity contribution >= 4 is 17.9 Å². The molecule has 3 N–H and O–H groups in total. The van der Waals surface area contributed by atoms with E-state index in [1.807, 2.05) is 133 Å². The fourth-order valence-corrected chi connectivity index (χ4v) is 8.21. The average Bonchev–Trinajstić information content (AvgIpc) is 4.11. The van der Waals surface area contributed by atoms with Crippen LogP contribution in [0.1, 0.15) is 72.6 Å². The maximum Gasteiger partial charge on any atom is 0.407 e. The highest BCUT2D eigenvalue weighted by Gasteiger charge is 2.38. The van der Waals surface area contributed by atoms with Crippen molar-refractivity contribution in [1.29, 1.82) is 0 Å². The van der Waals surface area contributed by atoms with E-state index < -0.39 is 12.1 Å². The lowest BCUT2D eigenvalue weighted by molar-refractivity contribution is -0.137. The number of nitrogens with zero attached hydrogens (tertiary/aromatic N) is 6. The van der Waals surface area contributed by atoms with Gasteiger partial charge in [-0.1, -0.05) is 84.9 Å². The number of carbonyl (C=O) groups excluding carboxylic acids is 3. The van der Waals surface area contributed by atoms with Gasteiger partial charge in [-0.3, -0.25) is 19.5 Å². The Balaban J connectivity index is 0.929. The molecule has 0 bridgehead atoms. The molecule has 0 aliphatic carbocycles. The van der Waals surface area contributed by atoms with Gasteiger partial charge in [-0.25, -0.2) is 14.8 Å². The van der Waals surface area contributed by atoms with E-state index in [-0.39, 0.29) is 29.9 Å². The summed E-state index contributed by atoms with van der Waals surface area (Å²) in [6.45, 7) is 1.25. The van der Waals surface area contributed by atoms with Crippen LogP contribution in [0.4, 0.5) is 4.79 Å². The number of carbonyl (C=O) groups is 3. The van der Waals surface area contributed by atoms with Crippen LogP contribution in [-0.2, 0) is 14.3 Å². The number of pyridine rings is 1. The first-order valence-corrected chi connectivity index (χ1v) is 19.7. The lowest BCUT2D eigenvalue weighted by Gasteiger charge is -2.31. The highest BCUT2D eigenvalue weighted by Crippen LogP contribution is 2.36. The number of hydrogen-bond acceptors (Lipinski definition) is 8. The predicted molar refractivity (Wildman–Crippen MR) is 220 cm³/mol. The van der Waals surface area contributed by atoms with Crippen LogP contribution in [0.5, 0.6) is 0 Å². The first-order valence-electron chi connectivity index (χ1n) is 19.7. The van der Waals surface area contributed by atoms with Crippen molar-refractivity contribution in [2.75, 3.05) is 34.3 Å². The molecule has 13 heteroatoms. The minimum Gasteiger partial charge on any atom is -0.453 e. The van der Waals surface area contributed by atoms with E-state index in [0.717, 1.165) is 70.8 Å². The molecule has 2 saturated heterocycles. The molecule has 3 aromatic heterocycles. The van der Waals surface area contributed by atoms with Crippen molar-refractivity contribution in [1.82, 2.24) is 44.9 Å². The number of likely N-dealkylation sites (N-methyl/N-ethyl adjacent to an activating group) is 1. The SMILES string of the molecule is COC(=O)NC(C(=O)N1CCC[C@H]1c1ncc(-c2ccc(-c3ccc(-c4cnc([C@@H]5CCCN5C(=O)[C@@H](c5ccccc5)N(C)C)[nH]4)cn3)cc2)[nH]1)c1ccccc1. The summed E-state index contributed by atoms with van der Waals surface area (Å²) in [5.74, 6) is 1.36. The van der Waals surface area contributed by atoms with Crippen LogP contribution >= 0.6 is 0 Å². The molecule has 2 fully saturated rings. The minimum absolute atomic E-state index is 0.0812. The van der Waals surface area contributed by atoms with Crippen LogP contribution in [0.15, 0.2) is 116 Å². The largest absolute Gasteiger partial charge is 0.453 e. The van der Waals surface area contributed by atoms with Gasteiger partial charge in [0.05, 0.1) is 48.7 Å². The van der Waals surface area contributed by atoms with Crippen LogP contribution in [0, 0.1) is 0 Å². The third-order valence-corrected chi connectivity index (χ3v) is 11.2. The topological polar surface area (TPSA) is 152 Å². The highest BCUT2D eigenvalue weighted by atomic mass is 16.5. The molecule has 0 spiro atoms. The monoisotopic (exact) mass is 777 g/mol. The van der Waals surface area contributed by atoms with E-state index in [2.05, 4.69) is 15.3 Å². The van der Waals surface area contributed by atoms with Crippen LogP contribution in [-0.4, -0.2) is 91.8 Å². The van der Waals surface area contributed by atoms with E-state index in [9.17, 15) is 14.4 Å². The molecular formula is C45H47N9O4. The van der Waals surface area contributed by atoms with E-state index >= 15 is 0 Å². The molecule has 6 aromatic rings. The summed E-state index contributed by atoms with van der Waals surface area (Å²) in [6.07, 6.45) is 8.14. The lowest BCUT2D eigenvalue weighted by atomic mass is 10.0. The van der Waals surface area contributed by atoms with Crippen molar-refractivity contribution < 1.29 is 19.1 Å². The van der Waals surface area contributed by atoms with E-state index in [4.69, 9.17) is 19.7 Å². The molecule has 2 aliphatic rings. The van der Waals surface area contributed by atoms with Gasteiger partial charge in [-0.2, -0.15) is 0 Å². The third kappa shape index (κ3) is 7.85. The Morgan fingerprint density at radius 1 is 0.672 bits per heavy atom. The summed E-state index contributed by atoms with van der Waals surface area (Å²) in [5, 5.41) is 2.71. The molecule has 8 rings (SSSR count). The summed E-state index contributed by atoms with van der Waals surface area (Å²) in [4.78, 5) is 66.9. The number of aromatic amines is 2. The molecule has 1 unspecified atom stereocenters. The molecule has 296 valence electrons. The molecule has 13 nitrogen and oxygen atoms in total. The maximum absolute atomic E-state index is 13.9. The summed E-state index contributed by atoms with van der Waals surface area (Å²) in [7, 11) is 5.17. The van der Waals surface area contributed by atoms with Crippen molar-refractivity contribution in [2.24, 2.45) is 0 Å². The Hall–Kier alpha value is -6.60. The molecule has 2 aliphatic heterocycles. The normalized spacial score (nSPS) is 17.7. The van der Waals surface area contributed by atoms with Crippen molar-refractivity contribution in [3.05, 3.63) is 138 Å². The summed E-state index contributed by atoms with van der Waals surface area (Å²) < 4.78 is 4.83. The van der Waals surface area contributed by atoms with Gasteiger partial charge in [0, 0.05) is 30.4 Å². The highest BCUT2D eigenvalue weighted by molar-refractivity contribution is 5.87. The van der Waals surface area contributed by atoms with E-state index in [1.54, 1.807) is 11.1 Å². The number of likely N-dealkylation sites (tertiary alicyclic amines) is 2. The first kappa shape index (κ1) is 38.3. The summed E-state index contributed by atoms with van der Waals surface area (Å²) >= 11 is 0. The van der Waals surface area contributed by atoms with Gasteiger partial charge < -0.3 is 29.8 Å². The Kier molecular flexibility index (Phi) is 11.1. The molecule has 5 heterocycles. The molecule has 0 saturated carbocycles. The maximum atomic E-state index is 13.9. The van der Waals surface area contributed by atoms with Crippen LogP contribution in [0.3, 0.4) is 0 Å². The zero-order valence-corrected chi connectivity index (χ0v) is 32.8. The second kappa shape index (κ2) is 16.9. The van der Waals surface area contributed by atoms with Gasteiger partial charge >= 0.3 is 6.09 Å². The number of H-pyrrole nitrogens is 2. The second-order valence-electron chi connectivity index (χ2n) is 15.0. The summed E-state index contributed by atoms with van der Waals surface area (Å²) in [5.41, 5.74) is 7.01. The summed E-state index contributed by atoms with van der Waals surface area (Å²) in [6, 6.07) is 29.6. The third-order valence-electron chi connectivity index (χ3n) is 11.2. The number of aromatic nitrogens is 5. The fraction of sp³-hybridized carbons (Fsp3) is 0.289. The van der Waals surface area contributed by atoms with Crippen LogP contribution in [0.2, 0.25) is 0 Å². The van der Waals surface area contributed by atoms with Crippen LogP contribution < -0.4 is 5.32 Å². The molecular weight excluding hydrogens is 731 g/mol. The lowest BCUT2D eigenvalue weighted by Crippen LogP contribution is -2.42. The Morgan fingerprint density at radius 2 is 1.21 bits per heavy atom. The molecule has 3 aromatic carbocycles. The van der Waals surface area contributed by atoms with Gasteiger partial charge in [0.15, 0.2) is 0 Å². The standard InChI is InChI=1S/C45H47N9O4/c1-52(2)40(32-14-8-5-9-15-32)44(56)54-25-11-17-38(54)42-48-28-36(50-42)33-22-23-34(46-26-33)29-18-20-30(21-19-29)35-27-47-41(49-35)37-16-10-24-53(37)43(55)39(51-45(57)58-3)31-12-6-4-7-13-31/h4-9,12-15,18-23,26-28,37-40H,10-11,16-17,24-25H2,1-3H3,(H,47,49)(H,48,50)(H,51,57)/t37-,38-,39?,40+/m0/s1. The zero-order chi connectivity index (χ0) is 40.2. The Bertz CT molecular complexity index is 2340. The molecule has 3 amide bonds. The van der Waals surface area contributed by atoms with Crippen molar-refractivity contribution in [2.45, 2.75) is 49.9 Å². The molecule has 4 atom stereocenters. The van der Waals surface area contributed by atoms with Gasteiger partial charge in [0.25, 0.3) is 5.91 Å². The molecule has 0 radical (unpaired) electrons.